The summed E-state index contributed by atoms with van der Waals surface area (Å²) >= 11 is 11.2. The first kappa shape index (κ1) is 10.6. The fourth-order valence-corrected chi connectivity index (χ4v) is 2.53. The van der Waals surface area contributed by atoms with E-state index >= 15 is 0 Å². The highest BCUT2D eigenvalue weighted by Crippen LogP contribution is 2.32. The van der Waals surface area contributed by atoms with E-state index in [4.69, 9.17) is 34.1 Å². The predicted molar refractivity (Wildman–Crippen MR) is 52.2 cm³/mol. The topological polar surface area (TPSA) is 86.2 Å². The van der Waals surface area contributed by atoms with Gasteiger partial charge in [-0.3, -0.25) is 0 Å². The second kappa shape index (κ2) is 3.34. The lowest BCUT2D eigenvalue weighted by molar-refractivity contribution is 0.598. The predicted octanol–water partition coefficient (Wildman–Crippen LogP) is 1.22. The third-order valence-electron chi connectivity index (χ3n) is 1.36. The smallest absolute Gasteiger partial charge is 0.241 e. The second-order valence-electron chi connectivity index (χ2n) is 2.32. The average Bonchev–Trinajstić information content (AvgIpc) is 1.95. The molecule has 0 saturated heterocycles. The number of rotatable bonds is 1. The molecule has 0 heterocycles. The number of benzene rings is 1. The summed E-state index contributed by atoms with van der Waals surface area (Å²) in [4.78, 5) is -0.337. The second-order valence-corrected chi connectivity index (χ2v) is 4.61. The highest BCUT2D eigenvalue weighted by Gasteiger charge is 2.18. The zero-order valence-corrected chi connectivity index (χ0v) is 8.62. The van der Waals surface area contributed by atoms with E-state index in [0.717, 1.165) is 0 Å². The summed E-state index contributed by atoms with van der Waals surface area (Å²) in [7, 11) is -3.93. The summed E-state index contributed by atoms with van der Waals surface area (Å²) < 4.78 is 22.0. The third kappa shape index (κ3) is 2.05. The molecule has 0 unspecified atom stereocenters. The van der Waals surface area contributed by atoms with Crippen LogP contribution in [0.3, 0.4) is 0 Å². The van der Waals surface area contributed by atoms with Gasteiger partial charge in [0, 0.05) is 0 Å². The molecule has 0 spiro atoms. The van der Waals surface area contributed by atoms with Crippen molar-refractivity contribution in [1.29, 1.82) is 0 Å². The first-order chi connectivity index (χ1) is 5.84. The maximum Gasteiger partial charge on any atom is 0.241 e. The van der Waals surface area contributed by atoms with Crippen molar-refractivity contribution in [1.82, 2.24) is 0 Å². The molecule has 13 heavy (non-hydrogen) atoms. The third-order valence-corrected chi connectivity index (χ3v) is 3.30. The molecule has 4 N–H and O–H groups in total. The number of nitrogens with two attached hydrogens (primary N) is 2. The Hall–Kier alpha value is -0.490. The molecule has 0 radical (unpaired) electrons. The van der Waals surface area contributed by atoms with Crippen molar-refractivity contribution in [3.8, 4) is 0 Å². The molecule has 4 nitrogen and oxygen atoms in total. The maximum atomic E-state index is 11.0. The van der Waals surface area contributed by atoms with E-state index in [1.807, 2.05) is 0 Å². The molecule has 0 aromatic heterocycles. The van der Waals surface area contributed by atoms with Crippen LogP contribution < -0.4 is 10.9 Å². The van der Waals surface area contributed by atoms with Crippen molar-refractivity contribution in [3.63, 3.8) is 0 Å². The van der Waals surface area contributed by atoms with Gasteiger partial charge in [0.05, 0.1) is 15.7 Å². The minimum Gasteiger partial charge on any atom is -0.397 e. The number of primary sulfonamides is 1. The molecule has 0 fully saturated rings. The Morgan fingerprint density at radius 3 is 2.15 bits per heavy atom. The van der Waals surface area contributed by atoms with Gasteiger partial charge in [0.1, 0.15) is 4.90 Å². The SMILES string of the molecule is Nc1ccc(Cl)c(S(N)(=O)=O)c1Cl. The van der Waals surface area contributed by atoms with Gasteiger partial charge >= 0.3 is 0 Å². The lowest BCUT2D eigenvalue weighted by atomic mass is 10.3. The maximum absolute atomic E-state index is 11.0. The molecule has 1 aromatic carbocycles. The van der Waals surface area contributed by atoms with E-state index in [2.05, 4.69) is 0 Å². The quantitative estimate of drug-likeness (QED) is 0.725. The van der Waals surface area contributed by atoms with Crippen LogP contribution >= 0.6 is 23.2 Å². The zero-order valence-electron chi connectivity index (χ0n) is 6.29. The Morgan fingerprint density at radius 2 is 1.77 bits per heavy atom. The molecule has 0 aliphatic rings. The van der Waals surface area contributed by atoms with Crippen LogP contribution in [0.5, 0.6) is 0 Å². The van der Waals surface area contributed by atoms with E-state index in [1.54, 1.807) is 0 Å². The Bertz CT molecular complexity index is 444. The summed E-state index contributed by atoms with van der Waals surface area (Å²) in [5.41, 5.74) is 5.50. The zero-order chi connectivity index (χ0) is 10.2. The van der Waals surface area contributed by atoms with Gasteiger partial charge in [-0.2, -0.15) is 0 Å². The van der Waals surface area contributed by atoms with Gasteiger partial charge in [-0.25, -0.2) is 13.6 Å². The van der Waals surface area contributed by atoms with Crippen molar-refractivity contribution in [2.75, 3.05) is 5.73 Å². The Labute approximate surface area is 85.5 Å². The first-order valence-corrected chi connectivity index (χ1v) is 5.40. The molecule has 0 amide bonds. The minimum absolute atomic E-state index is 0.0401. The van der Waals surface area contributed by atoms with Crippen LogP contribution in [0.25, 0.3) is 0 Å². The van der Waals surface area contributed by atoms with Gasteiger partial charge in [-0.05, 0) is 12.1 Å². The summed E-state index contributed by atoms with van der Waals surface area (Å²) in [6.45, 7) is 0. The van der Waals surface area contributed by atoms with E-state index in [-0.39, 0.29) is 20.6 Å². The number of halogens is 2. The normalized spacial score (nSPS) is 11.6. The fraction of sp³-hybridized carbons (Fsp3) is 0. The molecular formula is C6H6Cl2N2O2S. The van der Waals surface area contributed by atoms with Crippen molar-refractivity contribution >= 4 is 38.9 Å². The summed E-state index contributed by atoms with van der Waals surface area (Å²) in [5, 5.41) is 4.69. The van der Waals surface area contributed by atoms with Gasteiger partial charge in [-0.15, -0.1) is 0 Å². The van der Waals surface area contributed by atoms with Crippen LogP contribution in [0.15, 0.2) is 17.0 Å². The van der Waals surface area contributed by atoms with Gasteiger partial charge in [0.2, 0.25) is 10.0 Å². The molecule has 7 heteroatoms. The summed E-state index contributed by atoms with van der Waals surface area (Å²) in [5.74, 6) is 0. The molecule has 72 valence electrons. The number of hydrogen-bond donors (Lipinski definition) is 2. The molecule has 0 aliphatic heterocycles. The van der Waals surface area contributed by atoms with Crippen molar-refractivity contribution < 1.29 is 8.42 Å². The van der Waals surface area contributed by atoms with Gasteiger partial charge in [0.25, 0.3) is 0 Å². The molecule has 0 bridgehead atoms. The van der Waals surface area contributed by atoms with E-state index in [0.29, 0.717) is 0 Å². The Morgan fingerprint density at radius 1 is 1.23 bits per heavy atom. The summed E-state index contributed by atoms with van der Waals surface area (Å²) in [6, 6.07) is 2.72. The molecule has 0 saturated carbocycles. The average molecular weight is 241 g/mol. The van der Waals surface area contributed by atoms with Gasteiger partial charge in [0.15, 0.2) is 0 Å². The van der Waals surface area contributed by atoms with Crippen molar-refractivity contribution in [2.24, 2.45) is 5.14 Å². The van der Waals surface area contributed by atoms with Crippen LogP contribution in [0, 0.1) is 0 Å². The highest BCUT2D eigenvalue weighted by atomic mass is 35.5. The number of hydrogen-bond acceptors (Lipinski definition) is 3. The summed E-state index contributed by atoms with van der Waals surface area (Å²) in [6.07, 6.45) is 0. The van der Waals surface area contributed by atoms with Crippen LogP contribution in [-0.2, 0) is 10.0 Å². The lowest BCUT2D eigenvalue weighted by Crippen LogP contribution is -2.14. The Kier molecular flexibility index (Phi) is 2.72. The highest BCUT2D eigenvalue weighted by molar-refractivity contribution is 7.89. The minimum atomic E-state index is -3.93. The van der Waals surface area contributed by atoms with Gasteiger partial charge in [-0.1, -0.05) is 23.2 Å². The Balaban J connectivity index is 3.62. The molecule has 0 atom stereocenters. The molecule has 0 aliphatic carbocycles. The molecule has 1 rings (SSSR count). The van der Waals surface area contributed by atoms with Crippen LogP contribution in [0.1, 0.15) is 0 Å². The monoisotopic (exact) mass is 240 g/mol. The van der Waals surface area contributed by atoms with Crippen LogP contribution in [-0.4, -0.2) is 8.42 Å². The fourth-order valence-electron chi connectivity index (χ4n) is 0.809. The number of nitrogen functional groups attached to an aromatic ring is 1. The largest absolute Gasteiger partial charge is 0.397 e. The van der Waals surface area contributed by atoms with Crippen LogP contribution in [0.4, 0.5) is 5.69 Å². The first-order valence-electron chi connectivity index (χ1n) is 3.10. The number of anilines is 1. The van der Waals surface area contributed by atoms with Gasteiger partial charge < -0.3 is 5.73 Å². The molecule has 1 aromatic rings. The lowest BCUT2D eigenvalue weighted by Gasteiger charge is -2.05. The van der Waals surface area contributed by atoms with Crippen molar-refractivity contribution in [2.45, 2.75) is 4.90 Å². The van der Waals surface area contributed by atoms with E-state index in [9.17, 15) is 8.42 Å². The van der Waals surface area contributed by atoms with Crippen LogP contribution in [0.2, 0.25) is 10.0 Å². The standard InChI is InChI=1S/C6H6Cl2N2O2S/c7-3-1-2-4(9)5(8)6(3)13(10,11)12/h1-2H,9H2,(H2,10,11,12). The van der Waals surface area contributed by atoms with E-state index < -0.39 is 10.0 Å². The van der Waals surface area contributed by atoms with Crippen molar-refractivity contribution in [3.05, 3.63) is 22.2 Å². The number of sulfonamides is 1. The molecular weight excluding hydrogens is 235 g/mol. The van der Waals surface area contributed by atoms with E-state index in [1.165, 1.54) is 12.1 Å².